The topological polar surface area (TPSA) is 116 Å². The fraction of sp³-hybridized carbons (Fsp3) is 0.312. The average Bonchev–Trinajstić information content (AvgIpc) is 3.42. The first-order chi connectivity index (χ1) is 12.6. The summed E-state index contributed by atoms with van der Waals surface area (Å²) in [5, 5.41) is 20.9. The molecule has 9 nitrogen and oxygen atoms in total. The van der Waals surface area contributed by atoms with E-state index in [2.05, 4.69) is 10.2 Å². The van der Waals surface area contributed by atoms with Crippen LogP contribution in [-0.4, -0.2) is 39.0 Å². The maximum atomic E-state index is 12.5. The lowest BCUT2D eigenvalue weighted by atomic mass is 9.98. The van der Waals surface area contributed by atoms with Gasteiger partial charge in [-0.3, -0.25) is 14.9 Å². The maximum Gasteiger partial charge on any atom is 0.433 e. The molecule has 134 valence electrons. The number of piperidine rings is 1. The van der Waals surface area contributed by atoms with Gasteiger partial charge in [-0.1, -0.05) is 6.07 Å². The van der Waals surface area contributed by atoms with Gasteiger partial charge >= 0.3 is 5.88 Å². The molecule has 1 aliphatic heterocycles. The van der Waals surface area contributed by atoms with Crippen LogP contribution in [0.1, 0.15) is 35.2 Å². The van der Waals surface area contributed by atoms with Crippen LogP contribution in [0.5, 0.6) is 0 Å². The Morgan fingerprint density at radius 1 is 1.31 bits per heavy atom. The smallest absolute Gasteiger partial charge is 0.420 e. The van der Waals surface area contributed by atoms with E-state index in [1.54, 1.807) is 4.90 Å². The number of carbonyl (C=O) groups excluding carboxylic acids is 1. The van der Waals surface area contributed by atoms with Crippen molar-refractivity contribution in [3.8, 4) is 10.8 Å². The number of amides is 1. The quantitative estimate of drug-likeness (QED) is 0.508. The van der Waals surface area contributed by atoms with Crippen LogP contribution in [0.2, 0.25) is 0 Å². The zero-order chi connectivity index (χ0) is 18.1. The molecule has 0 saturated carbocycles. The van der Waals surface area contributed by atoms with Crippen molar-refractivity contribution < 1.29 is 18.6 Å². The van der Waals surface area contributed by atoms with Crippen LogP contribution in [0.25, 0.3) is 10.8 Å². The predicted molar refractivity (Wildman–Crippen MR) is 90.9 cm³/mol. The van der Waals surface area contributed by atoms with Gasteiger partial charge in [0.2, 0.25) is 5.89 Å². The number of likely N-dealkylation sites (tertiary alicyclic amines) is 1. The van der Waals surface area contributed by atoms with Crippen molar-refractivity contribution in [3.05, 3.63) is 51.4 Å². The lowest BCUT2D eigenvalue weighted by Crippen LogP contribution is -2.39. The molecule has 0 spiro atoms. The highest BCUT2D eigenvalue weighted by molar-refractivity contribution is 7.13. The van der Waals surface area contributed by atoms with Crippen LogP contribution in [0, 0.1) is 10.1 Å². The van der Waals surface area contributed by atoms with Gasteiger partial charge in [0, 0.05) is 13.1 Å². The van der Waals surface area contributed by atoms with Gasteiger partial charge in [-0.05, 0) is 30.4 Å². The molecule has 1 amide bonds. The van der Waals surface area contributed by atoms with Gasteiger partial charge in [-0.25, -0.2) is 0 Å². The normalized spacial score (nSPS) is 17.4. The van der Waals surface area contributed by atoms with E-state index in [4.69, 9.17) is 8.83 Å². The van der Waals surface area contributed by atoms with Crippen molar-refractivity contribution in [3.63, 3.8) is 0 Å². The number of furan rings is 1. The van der Waals surface area contributed by atoms with E-state index in [1.165, 1.54) is 23.5 Å². The fourth-order valence-electron chi connectivity index (χ4n) is 2.96. The molecule has 0 aliphatic carbocycles. The molecule has 1 aliphatic rings. The molecular weight excluding hydrogens is 360 g/mol. The maximum absolute atomic E-state index is 12.5. The highest BCUT2D eigenvalue weighted by atomic mass is 32.1. The van der Waals surface area contributed by atoms with Gasteiger partial charge in [0.05, 0.1) is 16.9 Å². The molecule has 0 aromatic carbocycles. The molecule has 1 saturated heterocycles. The number of rotatable bonds is 4. The van der Waals surface area contributed by atoms with Crippen LogP contribution >= 0.6 is 11.3 Å². The second kappa shape index (κ2) is 6.71. The zero-order valence-corrected chi connectivity index (χ0v) is 14.3. The molecule has 0 radical (unpaired) electrons. The summed E-state index contributed by atoms with van der Waals surface area (Å²) in [5.41, 5.74) is 0. The summed E-state index contributed by atoms with van der Waals surface area (Å²) in [7, 11) is 0. The van der Waals surface area contributed by atoms with Gasteiger partial charge in [0.1, 0.15) is 4.92 Å². The fourth-order valence-corrected chi connectivity index (χ4v) is 3.60. The van der Waals surface area contributed by atoms with Crippen molar-refractivity contribution in [2.24, 2.45) is 0 Å². The molecule has 1 unspecified atom stereocenters. The number of hydrogen-bond donors (Lipinski definition) is 0. The summed E-state index contributed by atoms with van der Waals surface area (Å²) >= 11 is 1.52. The third-order valence-corrected chi connectivity index (χ3v) is 5.07. The first-order valence-electron chi connectivity index (χ1n) is 8.02. The Hall–Kier alpha value is -3.01. The van der Waals surface area contributed by atoms with Crippen molar-refractivity contribution >= 4 is 23.1 Å². The van der Waals surface area contributed by atoms with E-state index in [-0.39, 0.29) is 17.6 Å². The first-order valence-corrected chi connectivity index (χ1v) is 8.90. The number of hydrogen-bond acceptors (Lipinski definition) is 8. The second-order valence-electron chi connectivity index (χ2n) is 5.91. The third kappa shape index (κ3) is 3.10. The van der Waals surface area contributed by atoms with E-state index in [9.17, 15) is 14.9 Å². The summed E-state index contributed by atoms with van der Waals surface area (Å²) in [6.45, 7) is 0.954. The Kier molecular flexibility index (Phi) is 4.25. The summed E-state index contributed by atoms with van der Waals surface area (Å²) in [6, 6.07) is 6.32. The van der Waals surface area contributed by atoms with Crippen molar-refractivity contribution in [1.82, 2.24) is 15.1 Å². The summed E-state index contributed by atoms with van der Waals surface area (Å²) in [4.78, 5) is 25.1. The minimum absolute atomic E-state index is 0.0397. The molecule has 4 heterocycles. The van der Waals surface area contributed by atoms with Gasteiger partial charge in [-0.2, -0.15) is 0 Å². The Balaban J connectivity index is 1.48. The molecule has 0 N–H and O–H groups in total. The van der Waals surface area contributed by atoms with E-state index in [0.29, 0.717) is 24.9 Å². The SMILES string of the molecule is O=C(c1ccc([N+](=O)[O-])o1)N1CCCC(c2nnc(-c3cccs3)o2)C1. The summed E-state index contributed by atoms with van der Waals surface area (Å²) < 4.78 is 10.8. The standard InChI is InChI=1S/C16H14N4O5S/c21-16(11-5-6-13(24-11)20(22)23)19-7-1-3-10(9-19)14-17-18-15(25-14)12-4-2-8-26-12/h2,4-6,8,10H,1,3,7,9H2. The molecule has 26 heavy (non-hydrogen) atoms. The Bertz CT molecular complexity index is 932. The molecule has 3 aromatic rings. The minimum atomic E-state index is -0.666. The van der Waals surface area contributed by atoms with Gasteiger partial charge < -0.3 is 13.7 Å². The highest BCUT2D eigenvalue weighted by Gasteiger charge is 2.31. The summed E-state index contributed by atoms with van der Waals surface area (Å²) in [5.74, 6) is 0.0395. The second-order valence-corrected chi connectivity index (χ2v) is 6.86. The molecule has 3 aromatic heterocycles. The Labute approximate surface area is 151 Å². The lowest BCUT2D eigenvalue weighted by molar-refractivity contribution is -0.402. The Morgan fingerprint density at radius 2 is 2.19 bits per heavy atom. The number of carbonyl (C=O) groups is 1. The third-order valence-electron chi connectivity index (χ3n) is 4.21. The van der Waals surface area contributed by atoms with E-state index >= 15 is 0 Å². The molecular formula is C16H14N4O5S. The highest BCUT2D eigenvalue weighted by Crippen LogP contribution is 2.30. The van der Waals surface area contributed by atoms with Gasteiger partial charge in [0.15, 0.2) is 5.76 Å². The molecule has 10 heteroatoms. The molecule has 4 rings (SSSR count). The van der Waals surface area contributed by atoms with Crippen LogP contribution < -0.4 is 0 Å². The summed E-state index contributed by atoms with van der Waals surface area (Å²) in [6.07, 6.45) is 1.60. The molecule has 1 atom stereocenters. The number of aromatic nitrogens is 2. The van der Waals surface area contributed by atoms with Crippen molar-refractivity contribution in [2.45, 2.75) is 18.8 Å². The predicted octanol–water partition coefficient (Wildman–Crippen LogP) is 3.32. The van der Waals surface area contributed by atoms with Crippen molar-refractivity contribution in [1.29, 1.82) is 0 Å². The van der Waals surface area contributed by atoms with Crippen LogP contribution in [0.4, 0.5) is 5.88 Å². The van der Waals surface area contributed by atoms with Gasteiger partial charge in [0.25, 0.3) is 11.8 Å². The zero-order valence-electron chi connectivity index (χ0n) is 13.5. The largest absolute Gasteiger partial charge is 0.433 e. The van der Waals surface area contributed by atoms with E-state index in [1.807, 2.05) is 17.5 Å². The van der Waals surface area contributed by atoms with Gasteiger partial charge in [-0.15, -0.1) is 21.5 Å². The van der Waals surface area contributed by atoms with E-state index in [0.717, 1.165) is 17.7 Å². The minimum Gasteiger partial charge on any atom is -0.420 e. The number of nitro groups is 1. The van der Waals surface area contributed by atoms with Crippen LogP contribution in [0.3, 0.4) is 0 Å². The lowest BCUT2D eigenvalue weighted by Gasteiger charge is -2.30. The Morgan fingerprint density at radius 3 is 2.92 bits per heavy atom. The van der Waals surface area contributed by atoms with Crippen LogP contribution in [0.15, 0.2) is 38.5 Å². The van der Waals surface area contributed by atoms with E-state index < -0.39 is 10.8 Å². The van der Waals surface area contributed by atoms with Crippen LogP contribution in [-0.2, 0) is 0 Å². The van der Waals surface area contributed by atoms with Crippen molar-refractivity contribution in [2.75, 3.05) is 13.1 Å². The molecule has 0 bridgehead atoms. The average molecular weight is 374 g/mol. The number of thiophene rings is 1. The molecule has 1 fully saturated rings. The monoisotopic (exact) mass is 374 g/mol. The number of nitrogens with zero attached hydrogens (tertiary/aromatic N) is 4. The first kappa shape index (κ1) is 16.5.